The molecule has 4 aliphatic rings. The van der Waals surface area contributed by atoms with Crippen molar-refractivity contribution in [3.63, 3.8) is 0 Å². The molecule has 8 rings (SSSR count). The highest BCUT2D eigenvalue weighted by atomic mass is 19.4. The lowest BCUT2D eigenvalue weighted by Gasteiger charge is -2.37. The summed E-state index contributed by atoms with van der Waals surface area (Å²) < 4.78 is 177. The van der Waals surface area contributed by atoms with Gasteiger partial charge in [0.15, 0.2) is 5.78 Å². The average molecular weight is 1580 g/mol. The molecule has 8 heterocycles. The lowest BCUT2D eigenvalue weighted by molar-refractivity contribution is -0.138. The molecule has 614 valence electrons. The maximum absolute atomic E-state index is 13.2. The average Bonchev–Trinajstić information content (AvgIpc) is 0.815. The number of Topliss-reactive ketones (excluding diaryl/α,β-unsaturated/α-hetero) is 1. The normalized spacial score (nSPS) is 16.0. The summed E-state index contributed by atoms with van der Waals surface area (Å²) in [4.78, 5) is 118. The summed E-state index contributed by atoms with van der Waals surface area (Å²) in [5.41, 5.74) is -6.65. The fraction of sp³-hybridized carbons (Fsp3) is 0.620. The lowest BCUT2D eigenvalue weighted by Crippen LogP contribution is -2.50. The van der Waals surface area contributed by atoms with E-state index in [0.29, 0.717) is 82.2 Å². The molecular weight excluding hydrogens is 1480 g/mol. The molecular formula is C71H98F12N14O13. The summed E-state index contributed by atoms with van der Waals surface area (Å²) in [6.07, 6.45) is -17.2. The number of carbonyl (C=O) groups excluding carboxylic acids is 6. The Morgan fingerprint density at radius 1 is 0.409 bits per heavy atom. The van der Waals surface area contributed by atoms with E-state index >= 15 is 0 Å². The molecule has 1 unspecified atom stereocenters. The zero-order chi connectivity index (χ0) is 83.4. The number of pyridine rings is 4. The van der Waals surface area contributed by atoms with Crippen molar-refractivity contribution in [2.45, 2.75) is 170 Å². The Balaban J connectivity index is 0.000000263. The van der Waals surface area contributed by atoms with Crippen LogP contribution in [-0.4, -0.2) is 239 Å². The van der Waals surface area contributed by atoms with Crippen molar-refractivity contribution in [3.05, 3.63) is 93.6 Å². The Labute approximate surface area is 630 Å². The van der Waals surface area contributed by atoms with Crippen LogP contribution in [0.2, 0.25) is 0 Å². The summed E-state index contributed by atoms with van der Waals surface area (Å²) in [7, 11) is 2.53. The fourth-order valence-corrected chi connectivity index (χ4v) is 10.9. The number of ether oxygens (including phenoxy) is 4. The highest BCUT2D eigenvalue weighted by Gasteiger charge is 2.40. The molecule has 1 atom stereocenters. The number of nitrogens with one attached hydrogen (secondary N) is 1. The van der Waals surface area contributed by atoms with Gasteiger partial charge in [-0.1, -0.05) is 13.8 Å². The van der Waals surface area contributed by atoms with Crippen LogP contribution in [0.5, 0.6) is 0 Å². The van der Waals surface area contributed by atoms with Crippen LogP contribution in [0.4, 0.5) is 95.1 Å². The molecule has 0 radical (unpaired) electrons. The second-order valence-electron chi connectivity index (χ2n) is 30.1. The van der Waals surface area contributed by atoms with Gasteiger partial charge in [-0.05, 0) is 121 Å². The first-order valence-electron chi connectivity index (χ1n) is 34.9. The number of ketones is 1. The molecule has 0 aliphatic carbocycles. The lowest BCUT2D eigenvalue weighted by atomic mass is 10.0. The molecule has 5 amide bonds. The molecule has 4 fully saturated rings. The molecule has 0 spiro atoms. The Bertz CT molecular complexity index is 3710. The topological polar surface area (TPSA) is 279 Å². The number of rotatable bonds is 11. The predicted octanol–water partition coefficient (Wildman–Crippen LogP) is 13.2. The van der Waals surface area contributed by atoms with Crippen molar-refractivity contribution in [2.24, 2.45) is 0 Å². The summed E-state index contributed by atoms with van der Waals surface area (Å²) in [5.74, 6) is -1.96. The third kappa shape index (κ3) is 27.5. The van der Waals surface area contributed by atoms with Gasteiger partial charge in [-0.3, -0.25) is 14.4 Å². The van der Waals surface area contributed by atoms with Crippen LogP contribution in [0.25, 0.3) is 0 Å². The second kappa shape index (κ2) is 36.6. The molecule has 110 heavy (non-hydrogen) atoms. The first-order valence-corrected chi connectivity index (χ1v) is 34.9. The molecule has 2 N–H and O–H groups in total. The highest BCUT2D eigenvalue weighted by Crippen LogP contribution is 2.38. The van der Waals surface area contributed by atoms with Gasteiger partial charge in [-0.15, -0.1) is 0 Å². The molecule has 4 aromatic heterocycles. The van der Waals surface area contributed by atoms with Crippen molar-refractivity contribution in [1.29, 1.82) is 0 Å². The number of alkyl halides is 12. The van der Waals surface area contributed by atoms with Crippen molar-refractivity contribution in [1.82, 2.24) is 49.9 Å². The van der Waals surface area contributed by atoms with Gasteiger partial charge >= 0.3 is 55.0 Å². The van der Waals surface area contributed by atoms with Gasteiger partial charge in [0.05, 0.1) is 40.5 Å². The number of hydrogen-bond acceptors (Lipinski definition) is 21. The fourth-order valence-electron chi connectivity index (χ4n) is 10.9. The second-order valence-corrected chi connectivity index (χ2v) is 30.1. The van der Waals surface area contributed by atoms with Gasteiger partial charge < -0.3 is 68.6 Å². The van der Waals surface area contributed by atoms with E-state index in [2.05, 4.69) is 25.3 Å². The number of amides is 5. The maximum atomic E-state index is 13.2. The van der Waals surface area contributed by atoms with Crippen molar-refractivity contribution in [2.75, 3.05) is 138 Å². The molecule has 4 aliphatic heterocycles. The number of carboxylic acid groups (broad SMARTS) is 1. The van der Waals surface area contributed by atoms with E-state index in [4.69, 9.17) is 23.8 Å². The zero-order valence-electron chi connectivity index (χ0n) is 64.8. The summed E-state index contributed by atoms with van der Waals surface area (Å²) in [6, 6.07) is 3.14. The van der Waals surface area contributed by atoms with E-state index < -0.39 is 111 Å². The van der Waals surface area contributed by atoms with Gasteiger partial charge in [0.1, 0.15) is 51.2 Å². The number of hydroxylamine groups is 2. The monoisotopic (exact) mass is 1580 g/mol. The Morgan fingerprint density at radius 2 is 0.655 bits per heavy atom. The first kappa shape index (κ1) is 91.2. The quantitative estimate of drug-likeness (QED) is 0.0611. The third-order valence-electron chi connectivity index (χ3n) is 16.2. The Morgan fingerprint density at radius 3 is 0.909 bits per heavy atom. The van der Waals surface area contributed by atoms with E-state index in [0.717, 1.165) is 29.6 Å². The summed E-state index contributed by atoms with van der Waals surface area (Å²) in [5, 5.41) is 13.3. The smallest absolute Gasteiger partial charge is 0.417 e. The molecule has 4 aromatic rings. The van der Waals surface area contributed by atoms with Crippen molar-refractivity contribution < 1.29 is 115 Å². The van der Waals surface area contributed by atoms with Gasteiger partial charge in [0.25, 0.3) is 5.91 Å². The number of aromatic nitrogens is 4. The minimum absolute atomic E-state index is 0.0469. The van der Waals surface area contributed by atoms with Crippen LogP contribution in [-0.2, 0) is 48.5 Å². The number of anilines is 4. The minimum atomic E-state index is -4.68. The third-order valence-corrected chi connectivity index (χ3v) is 16.2. The minimum Gasteiger partial charge on any atom is -0.478 e. The molecule has 0 aromatic carbocycles. The summed E-state index contributed by atoms with van der Waals surface area (Å²) in [6.45, 7) is 33.4. The van der Waals surface area contributed by atoms with E-state index in [1.807, 2.05) is 46.4 Å². The van der Waals surface area contributed by atoms with Crippen molar-refractivity contribution >= 4 is 65.3 Å². The van der Waals surface area contributed by atoms with Crippen LogP contribution < -0.4 is 24.9 Å². The number of halogens is 12. The van der Waals surface area contributed by atoms with E-state index in [9.17, 15) is 91.4 Å². The maximum Gasteiger partial charge on any atom is 0.417 e. The Kier molecular flexibility index (Phi) is 30.3. The zero-order valence-corrected chi connectivity index (χ0v) is 64.8. The number of piperazine rings is 4. The highest BCUT2D eigenvalue weighted by molar-refractivity contribution is 5.99. The number of nitrogens with zero attached hydrogens (tertiary/aromatic N) is 13. The standard InChI is InChI=1S/C20H31F3N4O2.C18H25F3N4O4.C17H22F3N3O3.C16H20F3N3O4/c1-13(2)25-14(3)16-11-15(20(21,22)23)12-24-17(16)26-7-9-27(10-8-26)18(28)29-19(4,5)6;1-17(2,3)29-16(27)25-8-6-24(7-9-25)14-13(15(26)23(4)28-5)10-12(11-22-14)18(19,20)21;1-11(24)13-9-12(17(18,19)20)10-21-14(13)22-5-7-23(8-6-22)15(25)26-16(2,3)4;1-15(2,3)26-14(25)22-6-4-21(5-7-22)12-11(13(23)24)8-10(9-20-12)16(17,18)19/h11-14,25H,7-10H2,1-6H3;10-11H,6-9H2,1-5H3;9-10H,5-8H2,1-4H3;8-9H,4-7H2,1-3H3,(H,23,24). The van der Waals surface area contributed by atoms with Crippen molar-refractivity contribution in [3.8, 4) is 0 Å². The van der Waals surface area contributed by atoms with Gasteiger partial charge in [0.2, 0.25) is 0 Å². The molecule has 0 bridgehead atoms. The van der Waals surface area contributed by atoms with Crippen LogP contribution in [0, 0.1) is 0 Å². The van der Waals surface area contributed by atoms with Crippen LogP contribution in [0.3, 0.4) is 0 Å². The van der Waals surface area contributed by atoms with Crippen LogP contribution in [0.15, 0.2) is 49.1 Å². The van der Waals surface area contributed by atoms with Gasteiger partial charge in [-0.25, -0.2) is 49.0 Å². The largest absolute Gasteiger partial charge is 0.478 e. The molecule has 27 nitrogen and oxygen atoms in total. The number of carbonyl (C=O) groups is 7. The van der Waals surface area contributed by atoms with Crippen LogP contribution in [0.1, 0.15) is 176 Å². The molecule has 4 saturated heterocycles. The molecule has 39 heteroatoms. The predicted molar refractivity (Wildman–Crippen MR) is 380 cm³/mol. The van der Waals surface area contributed by atoms with E-state index in [-0.39, 0.29) is 99.1 Å². The number of carboxylic acids is 1. The number of hydrogen-bond donors (Lipinski definition) is 2. The Hall–Kier alpha value is -9.43. The molecule has 0 saturated carbocycles. The van der Waals surface area contributed by atoms with Gasteiger partial charge in [0, 0.05) is 154 Å². The SMILES string of the molecule is CC(=O)c1cc(C(F)(F)F)cnc1N1CCN(C(=O)OC(C)(C)C)CC1.CC(C)(C)OC(=O)N1CCN(c2ncc(C(F)(F)F)cc2C(=O)O)CC1.CC(C)NC(C)c1cc(C(F)(F)F)cnc1N1CCN(C(=O)OC(C)(C)C)CC1.CON(C)C(=O)c1cc(C(F)(F)F)cnc1N1CCN(C(=O)OC(C)(C)C)CC1. The van der Waals surface area contributed by atoms with Crippen LogP contribution >= 0.6 is 0 Å². The van der Waals surface area contributed by atoms with Gasteiger partial charge in [-0.2, -0.15) is 52.7 Å². The first-order chi connectivity index (χ1) is 50.4. The summed E-state index contributed by atoms with van der Waals surface area (Å²) >= 11 is 0. The number of aromatic carboxylic acids is 1. The van der Waals surface area contributed by atoms with E-state index in [1.54, 1.807) is 81.9 Å². The van der Waals surface area contributed by atoms with E-state index in [1.165, 1.54) is 41.8 Å².